The van der Waals surface area contributed by atoms with E-state index in [1.807, 2.05) is 36.4 Å². The molecular weight excluding hydrogens is 242 g/mol. The quantitative estimate of drug-likeness (QED) is 0.507. The fourth-order valence-electron chi connectivity index (χ4n) is 1.72. The molecule has 1 heterocycles. The van der Waals surface area contributed by atoms with Gasteiger partial charge in [-0.25, -0.2) is 4.79 Å². The summed E-state index contributed by atoms with van der Waals surface area (Å²) in [6.07, 6.45) is 7.25. The highest BCUT2D eigenvalue weighted by Crippen LogP contribution is 2.05. The van der Waals surface area contributed by atoms with Crippen molar-refractivity contribution in [1.82, 2.24) is 5.32 Å². The van der Waals surface area contributed by atoms with Crippen molar-refractivity contribution in [2.75, 3.05) is 6.61 Å². The standard InChI is InChI=1S/C15H15NO3/c17-14(16-13-10-11-19-15(13)18)9-5-4-8-12-6-2-1-3-7-12/h1-9,13H,10-11H2,(H,16,17)/b8-4+,9-5+/t13-/m0/s1. The number of ether oxygens (including phenoxy) is 1. The number of hydrogen-bond acceptors (Lipinski definition) is 3. The van der Waals surface area contributed by atoms with Crippen LogP contribution in [-0.4, -0.2) is 24.5 Å². The van der Waals surface area contributed by atoms with E-state index in [2.05, 4.69) is 5.32 Å². The van der Waals surface area contributed by atoms with Gasteiger partial charge in [0.05, 0.1) is 6.61 Å². The monoisotopic (exact) mass is 257 g/mol. The van der Waals surface area contributed by atoms with Gasteiger partial charge in [0.25, 0.3) is 0 Å². The molecule has 1 fully saturated rings. The van der Waals surface area contributed by atoms with Crippen LogP contribution < -0.4 is 5.32 Å². The van der Waals surface area contributed by atoms with E-state index in [0.717, 1.165) is 5.56 Å². The first-order chi connectivity index (χ1) is 9.25. The van der Waals surface area contributed by atoms with Crippen LogP contribution in [-0.2, 0) is 14.3 Å². The normalized spacial score (nSPS) is 18.9. The van der Waals surface area contributed by atoms with Crippen LogP contribution in [0.5, 0.6) is 0 Å². The van der Waals surface area contributed by atoms with Crippen LogP contribution in [0, 0.1) is 0 Å². The molecule has 1 aromatic carbocycles. The molecule has 2 rings (SSSR count). The lowest BCUT2D eigenvalue weighted by atomic mass is 10.2. The van der Waals surface area contributed by atoms with Crippen molar-refractivity contribution in [1.29, 1.82) is 0 Å². The lowest BCUT2D eigenvalue weighted by Gasteiger charge is -2.04. The van der Waals surface area contributed by atoms with Crippen LogP contribution in [0.15, 0.2) is 48.6 Å². The summed E-state index contributed by atoms with van der Waals surface area (Å²) in [5.41, 5.74) is 1.06. The summed E-state index contributed by atoms with van der Waals surface area (Å²) < 4.78 is 4.76. The third-order valence-electron chi connectivity index (χ3n) is 2.70. The van der Waals surface area contributed by atoms with Crippen molar-refractivity contribution in [3.63, 3.8) is 0 Å². The third kappa shape index (κ3) is 4.10. The minimum absolute atomic E-state index is 0.290. The molecule has 0 aliphatic carbocycles. The molecule has 0 aromatic heterocycles. The summed E-state index contributed by atoms with van der Waals surface area (Å²) in [5, 5.41) is 2.59. The zero-order chi connectivity index (χ0) is 13.5. The Labute approximate surface area is 111 Å². The molecule has 98 valence electrons. The van der Waals surface area contributed by atoms with Gasteiger partial charge in [0.1, 0.15) is 6.04 Å². The van der Waals surface area contributed by atoms with E-state index in [0.29, 0.717) is 13.0 Å². The van der Waals surface area contributed by atoms with E-state index in [4.69, 9.17) is 4.74 Å². The van der Waals surface area contributed by atoms with Gasteiger partial charge in [0, 0.05) is 12.5 Å². The molecule has 1 saturated heterocycles. The van der Waals surface area contributed by atoms with Gasteiger partial charge in [-0.2, -0.15) is 0 Å². The average Bonchev–Trinajstić information content (AvgIpc) is 2.82. The topological polar surface area (TPSA) is 55.4 Å². The number of nitrogens with one attached hydrogen (secondary N) is 1. The predicted molar refractivity (Wildman–Crippen MR) is 72.1 cm³/mol. The van der Waals surface area contributed by atoms with E-state index in [1.54, 1.807) is 12.2 Å². The predicted octanol–water partition coefficient (Wildman–Crippen LogP) is 1.69. The van der Waals surface area contributed by atoms with Crippen LogP contribution in [0.25, 0.3) is 6.08 Å². The SMILES string of the molecule is O=C(/C=C/C=C/c1ccccc1)N[C@H]1CCOC1=O. The number of esters is 1. The Hall–Kier alpha value is -2.36. The Morgan fingerprint density at radius 3 is 2.74 bits per heavy atom. The Kier molecular flexibility index (Phi) is 4.50. The fourth-order valence-corrected chi connectivity index (χ4v) is 1.72. The van der Waals surface area contributed by atoms with Crippen LogP contribution in [0.1, 0.15) is 12.0 Å². The molecule has 1 aliphatic rings. The smallest absolute Gasteiger partial charge is 0.328 e. The van der Waals surface area contributed by atoms with Gasteiger partial charge >= 0.3 is 5.97 Å². The van der Waals surface area contributed by atoms with Crippen molar-refractivity contribution >= 4 is 18.0 Å². The molecule has 0 unspecified atom stereocenters. The Balaban J connectivity index is 1.80. The Morgan fingerprint density at radius 1 is 1.26 bits per heavy atom. The average molecular weight is 257 g/mol. The third-order valence-corrected chi connectivity index (χ3v) is 2.70. The maximum absolute atomic E-state index is 11.5. The first kappa shape index (κ1) is 13.1. The van der Waals surface area contributed by atoms with E-state index < -0.39 is 6.04 Å². The van der Waals surface area contributed by atoms with E-state index >= 15 is 0 Å². The van der Waals surface area contributed by atoms with Crippen LogP contribution >= 0.6 is 0 Å². The summed E-state index contributed by atoms with van der Waals surface area (Å²) in [6.45, 7) is 0.376. The molecular formula is C15H15NO3. The highest BCUT2D eigenvalue weighted by molar-refractivity contribution is 5.92. The Bertz CT molecular complexity index is 505. The van der Waals surface area contributed by atoms with E-state index in [9.17, 15) is 9.59 Å². The lowest BCUT2D eigenvalue weighted by Crippen LogP contribution is -2.36. The summed E-state index contributed by atoms with van der Waals surface area (Å²) in [7, 11) is 0. The first-order valence-corrected chi connectivity index (χ1v) is 6.12. The zero-order valence-electron chi connectivity index (χ0n) is 10.4. The molecule has 1 amide bonds. The molecule has 0 bridgehead atoms. The number of hydrogen-bond donors (Lipinski definition) is 1. The van der Waals surface area contributed by atoms with Crippen LogP contribution in [0.3, 0.4) is 0 Å². The van der Waals surface area contributed by atoms with E-state index in [1.165, 1.54) is 6.08 Å². The number of rotatable bonds is 4. The minimum Gasteiger partial charge on any atom is -0.464 e. The van der Waals surface area contributed by atoms with Crippen molar-refractivity contribution < 1.29 is 14.3 Å². The second kappa shape index (κ2) is 6.54. The number of benzene rings is 1. The van der Waals surface area contributed by atoms with Gasteiger partial charge in [0.2, 0.25) is 5.91 Å². The van der Waals surface area contributed by atoms with Gasteiger partial charge in [-0.3, -0.25) is 4.79 Å². The second-order valence-corrected chi connectivity index (χ2v) is 4.15. The van der Waals surface area contributed by atoms with Crippen molar-refractivity contribution in [2.24, 2.45) is 0 Å². The summed E-state index contributed by atoms with van der Waals surface area (Å²) >= 11 is 0. The Morgan fingerprint density at radius 2 is 2.05 bits per heavy atom. The fraction of sp³-hybridized carbons (Fsp3) is 0.200. The second-order valence-electron chi connectivity index (χ2n) is 4.15. The van der Waals surface area contributed by atoms with Gasteiger partial charge < -0.3 is 10.1 Å². The molecule has 4 nitrogen and oxygen atoms in total. The molecule has 1 aromatic rings. The molecule has 1 atom stereocenters. The largest absolute Gasteiger partial charge is 0.464 e. The number of carbonyl (C=O) groups is 2. The van der Waals surface area contributed by atoms with Crippen molar-refractivity contribution in [3.8, 4) is 0 Å². The highest BCUT2D eigenvalue weighted by Gasteiger charge is 2.26. The number of allylic oxidation sites excluding steroid dienone is 2. The summed E-state index contributed by atoms with van der Waals surface area (Å²) in [6, 6.07) is 9.28. The molecule has 0 spiro atoms. The van der Waals surface area contributed by atoms with Gasteiger partial charge in [0.15, 0.2) is 0 Å². The van der Waals surface area contributed by atoms with Gasteiger partial charge in [-0.15, -0.1) is 0 Å². The highest BCUT2D eigenvalue weighted by atomic mass is 16.5. The first-order valence-electron chi connectivity index (χ1n) is 6.12. The van der Waals surface area contributed by atoms with Crippen LogP contribution in [0.4, 0.5) is 0 Å². The van der Waals surface area contributed by atoms with Crippen molar-refractivity contribution in [2.45, 2.75) is 12.5 Å². The summed E-state index contributed by atoms with van der Waals surface area (Å²) in [4.78, 5) is 22.7. The molecule has 0 saturated carbocycles. The molecule has 19 heavy (non-hydrogen) atoms. The maximum Gasteiger partial charge on any atom is 0.328 e. The maximum atomic E-state index is 11.5. The molecule has 1 N–H and O–H groups in total. The number of amides is 1. The summed E-state index contributed by atoms with van der Waals surface area (Å²) in [5.74, 6) is -0.650. The number of carbonyl (C=O) groups excluding carboxylic acids is 2. The molecule has 0 radical (unpaired) electrons. The van der Waals surface area contributed by atoms with Crippen molar-refractivity contribution in [3.05, 3.63) is 54.1 Å². The van der Waals surface area contributed by atoms with Gasteiger partial charge in [-0.05, 0) is 5.56 Å². The molecule has 4 heteroatoms. The van der Waals surface area contributed by atoms with E-state index in [-0.39, 0.29) is 11.9 Å². The minimum atomic E-state index is -0.504. The lowest BCUT2D eigenvalue weighted by molar-refractivity contribution is -0.140. The van der Waals surface area contributed by atoms with Crippen LogP contribution in [0.2, 0.25) is 0 Å². The zero-order valence-corrected chi connectivity index (χ0v) is 10.4. The molecule has 1 aliphatic heterocycles. The number of cyclic esters (lactones) is 1. The van der Waals surface area contributed by atoms with Gasteiger partial charge in [-0.1, -0.05) is 48.6 Å².